The Kier molecular flexibility index (Phi) is 9.50. The number of nitrogens with zero attached hydrogens (tertiary/aromatic N) is 2. The molecule has 31 heavy (non-hydrogen) atoms. The Bertz CT molecular complexity index is 893. The van der Waals surface area contributed by atoms with Crippen molar-refractivity contribution >= 4 is 6.08 Å². The maximum absolute atomic E-state index is 3.81. The zero-order chi connectivity index (χ0) is 21.7. The van der Waals surface area contributed by atoms with Crippen LogP contribution in [0.5, 0.6) is 0 Å². The van der Waals surface area contributed by atoms with Crippen LogP contribution in [0.2, 0.25) is 0 Å². The van der Waals surface area contributed by atoms with E-state index in [9.17, 15) is 0 Å². The highest BCUT2D eigenvalue weighted by Crippen LogP contribution is 2.16. The van der Waals surface area contributed by atoms with E-state index in [0.717, 1.165) is 18.7 Å². The van der Waals surface area contributed by atoms with Crippen molar-refractivity contribution in [2.24, 2.45) is 0 Å². The lowest BCUT2D eigenvalue weighted by Crippen LogP contribution is -2.33. The summed E-state index contributed by atoms with van der Waals surface area (Å²) in [7, 11) is 0. The van der Waals surface area contributed by atoms with Gasteiger partial charge in [-0.3, -0.25) is 0 Å². The molecule has 2 nitrogen and oxygen atoms in total. The molecule has 0 aliphatic heterocycles. The Hall–Kier alpha value is -2.74. The Morgan fingerprint density at radius 3 is 1.71 bits per heavy atom. The van der Waals surface area contributed by atoms with E-state index in [1.54, 1.807) is 0 Å². The average Bonchev–Trinajstić information content (AvgIpc) is 2.82. The number of aromatic nitrogens is 2. The molecule has 0 N–H and O–H groups in total. The quantitative estimate of drug-likeness (QED) is 0.216. The molecule has 0 fully saturated rings. The van der Waals surface area contributed by atoms with Crippen LogP contribution in [0, 0.1) is 0 Å². The number of unbranched alkanes of at least 4 members (excludes halogenated alkanes) is 7. The lowest BCUT2D eigenvalue weighted by atomic mass is 10.1. The van der Waals surface area contributed by atoms with Gasteiger partial charge in [0.1, 0.15) is 6.54 Å². The predicted octanol–water partition coefficient (Wildman–Crippen LogP) is 6.76. The standard InChI is InChI=1S/C29H38N2/c1-3-5-6-7-8-9-10-11-20-30-21-16-28(17-22-30)29-18-23-31(24-19-29)25-27-14-12-26(4-2)13-15-27/h4,12-19,21-24H,2-3,5-11,20,25H2,1H3/q+2. The Labute approximate surface area is 188 Å². The minimum absolute atomic E-state index is 0.880. The zero-order valence-corrected chi connectivity index (χ0v) is 19.2. The van der Waals surface area contributed by atoms with Crippen molar-refractivity contribution in [1.29, 1.82) is 0 Å². The number of rotatable bonds is 13. The van der Waals surface area contributed by atoms with Gasteiger partial charge in [0.15, 0.2) is 31.3 Å². The van der Waals surface area contributed by atoms with Crippen LogP contribution in [-0.4, -0.2) is 0 Å². The van der Waals surface area contributed by atoms with Crippen molar-refractivity contribution < 1.29 is 9.13 Å². The van der Waals surface area contributed by atoms with Crippen LogP contribution in [0.15, 0.2) is 79.9 Å². The van der Waals surface area contributed by atoms with E-state index < -0.39 is 0 Å². The molecule has 1 aromatic carbocycles. The van der Waals surface area contributed by atoms with Crippen LogP contribution in [0.4, 0.5) is 0 Å². The van der Waals surface area contributed by atoms with Crippen LogP contribution >= 0.6 is 0 Å². The lowest BCUT2D eigenvalue weighted by molar-refractivity contribution is -0.697. The summed E-state index contributed by atoms with van der Waals surface area (Å²) in [4.78, 5) is 0. The molecule has 0 aliphatic carbocycles. The fourth-order valence-corrected chi connectivity index (χ4v) is 3.95. The number of pyridine rings is 2. The number of aryl methyl sites for hydroxylation is 1. The van der Waals surface area contributed by atoms with E-state index in [-0.39, 0.29) is 0 Å². The molecule has 0 amide bonds. The molecule has 2 heterocycles. The predicted molar refractivity (Wildman–Crippen MR) is 131 cm³/mol. The van der Waals surface area contributed by atoms with Crippen molar-refractivity contribution in [1.82, 2.24) is 0 Å². The lowest BCUT2D eigenvalue weighted by Gasteiger charge is -2.03. The van der Waals surface area contributed by atoms with Gasteiger partial charge < -0.3 is 0 Å². The first-order chi connectivity index (χ1) is 15.3. The molecular weight excluding hydrogens is 376 g/mol. The summed E-state index contributed by atoms with van der Waals surface area (Å²) < 4.78 is 4.54. The summed E-state index contributed by atoms with van der Waals surface area (Å²) in [5.41, 5.74) is 4.99. The molecule has 0 bridgehead atoms. The van der Waals surface area contributed by atoms with Crippen molar-refractivity contribution in [2.75, 3.05) is 0 Å². The van der Waals surface area contributed by atoms with E-state index in [1.807, 2.05) is 6.08 Å². The molecular formula is C29H38N2+2. The maximum Gasteiger partial charge on any atom is 0.173 e. The van der Waals surface area contributed by atoms with Crippen molar-refractivity contribution in [3.05, 3.63) is 91.0 Å². The van der Waals surface area contributed by atoms with Gasteiger partial charge in [-0.1, -0.05) is 82.4 Å². The maximum atomic E-state index is 3.81. The summed E-state index contributed by atoms with van der Waals surface area (Å²) in [6, 6.07) is 17.4. The third-order valence-electron chi connectivity index (χ3n) is 5.97. The molecule has 0 unspecified atom stereocenters. The third kappa shape index (κ3) is 7.79. The highest BCUT2D eigenvalue weighted by Gasteiger charge is 2.07. The molecule has 0 saturated heterocycles. The molecule has 2 aromatic heterocycles. The van der Waals surface area contributed by atoms with Gasteiger partial charge in [0.05, 0.1) is 0 Å². The van der Waals surface area contributed by atoms with Gasteiger partial charge in [0, 0.05) is 36.2 Å². The smallest absolute Gasteiger partial charge is 0.173 e. The summed E-state index contributed by atoms with van der Waals surface area (Å²) in [5.74, 6) is 0. The summed E-state index contributed by atoms with van der Waals surface area (Å²) in [6.45, 7) is 8.09. The van der Waals surface area contributed by atoms with E-state index in [2.05, 4.69) is 96.0 Å². The fraction of sp³-hybridized carbons (Fsp3) is 0.379. The second-order valence-electron chi connectivity index (χ2n) is 8.50. The minimum atomic E-state index is 0.880. The van der Waals surface area contributed by atoms with E-state index in [4.69, 9.17) is 0 Å². The van der Waals surface area contributed by atoms with Gasteiger partial charge in [0.25, 0.3) is 0 Å². The number of hydrogen-bond acceptors (Lipinski definition) is 0. The molecule has 3 aromatic rings. The van der Waals surface area contributed by atoms with Crippen LogP contribution < -0.4 is 9.13 Å². The molecule has 0 saturated carbocycles. The summed E-state index contributed by atoms with van der Waals surface area (Å²) >= 11 is 0. The Morgan fingerprint density at radius 2 is 1.16 bits per heavy atom. The van der Waals surface area contributed by atoms with E-state index in [0.29, 0.717) is 0 Å². The van der Waals surface area contributed by atoms with Crippen molar-refractivity contribution in [3.8, 4) is 11.1 Å². The summed E-state index contributed by atoms with van der Waals surface area (Å²) in [6.07, 6.45) is 21.6. The van der Waals surface area contributed by atoms with Gasteiger partial charge in [-0.2, -0.15) is 0 Å². The van der Waals surface area contributed by atoms with Gasteiger partial charge in [-0.05, 0) is 23.1 Å². The fourth-order valence-electron chi connectivity index (χ4n) is 3.95. The van der Waals surface area contributed by atoms with Crippen molar-refractivity contribution in [3.63, 3.8) is 0 Å². The Morgan fingerprint density at radius 1 is 0.645 bits per heavy atom. The Balaban J connectivity index is 1.44. The number of hydrogen-bond donors (Lipinski definition) is 0. The van der Waals surface area contributed by atoms with Crippen molar-refractivity contribution in [2.45, 2.75) is 71.4 Å². The van der Waals surface area contributed by atoms with Gasteiger partial charge in [0.2, 0.25) is 0 Å². The summed E-state index contributed by atoms with van der Waals surface area (Å²) in [5, 5.41) is 0. The zero-order valence-electron chi connectivity index (χ0n) is 19.2. The normalized spacial score (nSPS) is 10.9. The molecule has 0 spiro atoms. The average molecular weight is 415 g/mol. The number of benzene rings is 1. The highest BCUT2D eigenvalue weighted by molar-refractivity contribution is 5.60. The molecule has 0 radical (unpaired) electrons. The second kappa shape index (κ2) is 12.8. The van der Waals surface area contributed by atoms with E-state index in [1.165, 1.54) is 68.1 Å². The molecule has 0 aliphatic rings. The van der Waals surface area contributed by atoms with E-state index >= 15 is 0 Å². The van der Waals surface area contributed by atoms with Crippen LogP contribution in [-0.2, 0) is 13.1 Å². The third-order valence-corrected chi connectivity index (χ3v) is 5.97. The van der Waals surface area contributed by atoms with Gasteiger partial charge in [-0.25, -0.2) is 9.13 Å². The first-order valence-corrected chi connectivity index (χ1v) is 12.0. The first kappa shape index (κ1) is 22.9. The van der Waals surface area contributed by atoms with Gasteiger partial charge >= 0.3 is 0 Å². The SMILES string of the molecule is C=Cc1ccc(C[n+]2ccc(-c3cc[n+](CCCCCCCCCC)cc3)cc2)cc1. The van der Waals surface area contributed by atoms with Crippen LogP contribution in [0.25, 0.3) is 17.2 Å². The first-order valence-electron chi connectivity index (χ1n) is 12.0. The molecule has 2 heteroatoms. The topological polar surface area (TPSA) is 7.76 Å². The van der Waals surface area contributed by atoms with Crippen LogP contribution in [0.3, 0.4) is 0 Å². The highest BCUT2D eigenvalue weighted by atomic mass is 14.9. The molecule has 0 atom stereocenters. The largest absolute Gasteiger partial charge is 0.205 e. The molecule has 162 valence electrons. The minimum Gasteiger partial charge on any atom is -0.205 e. The van der Waals surface area contributed by atoms with Crippen LogP contribution in [0.1, 0.15) is 69.4 Å². The monoisotopic (exact) mass is 414 g/mol. The van der Waals surface area contributed by atoms with Gasteiger partial charge in [-0.15, -0.1) is 0 Å². The second-order valence-corrected chi connectivity index (χ2v) is 8.50. The molecule has 3 rings (SSSR count).